The summed E-state index contributed by atoms with van der Waals surface area (Å²) >= 11 is 1.92. The molecule has 0 aliphatic heterocycles. The first-order chi connectivity index (χ1) is 9.15. The Morgan fingerprint density at radius 1 is 1.16 bits per heavy atom. The van der Waals surface area contributed by atoms with E-state index in [-0.39, 0.29) is 0 Å². The maximum Gasteiger partial charge on any atom is 0.501 e. The maximum absolute atomic E-state index is 5.44. The molecule has 0 amide bonds. The quantitative estimate of drug-likeness (QED) is 0.656. The number of nitrogens with zero attached hydrogens (tertiary/aromatic N) is 1. The first-order valence-electron chi connectivity index (χ1n) is 6.31. The van der Waals surface area contributed by atoms with Gasteiger partial charge in [0, 0.05) is 45.0 Å². The summed E-state index contributed by atoms with van der Waals surface area (Å²) in [6, 6.07) is 4.95. The zero-order chi connectivity index (χ0) is 14.1. The highest BCUT2D eigenvalue weighted by atomic mass is 32.2. The van der Waals surface area contributed by atoms with Crippen LogP contribution >= 0.6 is 11.8 Å². The minimum absolute atomic E-state index is 0.452. The molecule has 0 aliphatic carbocycles. The summed E-state index contributed by atoms with van der Waals surface area (Å²) in [4.78, 5) is 4.02. The van der Waals surface area contributed by atoms with E-state index in [1.54, 1.807) is 21.3 Å². The van der Waals surface area contributed by atoms with Gasteiger partial charge >= 0.3 is 8.80 Å². The van der Waals surface area contributed by atoms with Crippen molar-refractivity contribution in [2.75, 3.05) is 27.1 Å². The van der Waals surface area contributed by atoms with E-state index in [9.17, 15) is 0 Å². The van der Waals surface area contributed by atoms with Gasteiger partial charge in [-0.2, -0.15) is 11.8 Å². The number of hydrogen-bond acceptors (Lipinski definition) is 5. The Labute approximate surface area is 121 Å². The fraction of sp³-hybridized carbons (Fsp3) is 0.615. The third-order valence-electron chi connectivity index (χ3n) is 3.01. The lowest BCUT2D eigenvalue weighted by atomic mass is 10.2. The number of thioether (sulfide) groups is 1. The van der Waals surface area contributed by atoms with Crippen molar-refractivity contribution in [3.8, 4) is 0 Å². The Balaban J connectivity index is 2.33. The van der Waals surface area contributed by atoms with Gasteiger partial charge in [0.2, 0.25) is 0 Å². The van der Waals surface area contributed by atoms with E-state index in [1.165, 1.54) is 5.56 Å². The van der Waals surface area contributed by atoms with Gasteiger partial charge in [-0.05, 0) is 29.9 Å². The highest BCUT2D eigenvalue weighted by molar-refractivity contribution is 7.99. The van der Waals surface area contributed by atoms with Gasteiger partial charge in [0.1, 0.15) is 0 Å². The molecule has 0 N–H and O–H groups in total. The number of aromatic nitrogens is 1. The second kappa shape index (κ2) is 8.71. The van der Waals surface area contributed by atoms with Crippen molar-refractivity contribution in [1.82, 2.24) is 4.98 Å². The topological polar surface area (TPSA) is 40.6 Å². The Bertz CT molecular complexity index is 341. The van der Waals surface area contributed by atoms with E-state index >= 15 is 0 Å². The summed E-state index contributed by atoms with van der Waals surface area (Å²) in [5, 5.41) is 0.452. The summed E-state index contributed by atoms with van der Waals surface area (Å²) in [5.41, 5.74) is 1.32. The Kier molecular flexibility index (Phi) is 7.63. The molecular weight excluding hydrogens is 278 g/mol. The molecule has 0 aliphatic rings. The summed E-state index contributed by atoms with van der Waals surface area (Å²) in [6.45, 7) is 2.19. The predicted octanol–water partition coefficient (Wildman–Crippen LogP) is 2.62. The van der Waals surface area contributed by atoms with Crippen molar-refractivity contribution in [2.24, 2.45) is 0 Å². The molecule has 108 valence electrons. The zero-order valence-corrected chi connectivity index (χ0v) is 13.9. The van der Waals surface area contributed by atoms with Crippen LogP contribution in [0.4, 0.5) is 0 Å². The second-order valence-electron chi connectivity index (χ2n) is 4.29. The lowest BCUT2D eigenvalue weighted by Crippen LogP contribution is -2.44. The Hall–Kier alpha value is -0.403. The van der Waals surface area contributed by atoms with E-state index in [0.717, 1.165) is 18.2 Å². The zero-order valence-electron chi connectivity index (χ0n) is 12.1. The number of aryl methyl sites for hydroxylation is 1. The summed E-state index contributed by atoms with van der Waals surface area (Å²) < 4.78 is 16.3. The van der Waals surface area contributed by atoms with E-state index in [1.807, 2.05) is 24.2 Å². The summed E-state index contributed by atoms with van der Waals surface area (Å²) in [6.07, 6.45) is 4.73. The standard InChI is InChI=1S/C13H23NO3SSi/c1-12(11-19(15-2,16-3)17-4)18-10-7-13-5-8-14-9-6-13/h5-6,8-9,12H,7,10-11H2,1-4H3/t12-/m1/s1. The number of hydrogen-bond donors (Lipinski definition) is 0. The molecule has 4 nitrogen and oxygen atoms in total. The average Bonchev–Trinajstić information content (AvgIpc) is 2.46. The van der Waals surface area contributed by atoms with E-state index in [4.69, 9.17) is 13.3 Å². The number of pyridine rings is 1. The molecule has 0 aromatic carbocycles. The molecule has 0 bridgehead atoms. The lowest BCUT2D eigenvalue weighted by molar-refractivity contribution is 0.124. The smallest absolute Gasteiger partial charge is 0.377 e. The van der Waals surface area contributed by atoms with Gasteiger partial charge in [-0.25, -0.2) is 0 Å². The first kappa shape index (κ1) is 16.7. The molecule has 1 heterocycles. The van der Waals surface area contributed by atoms with Gasteiger partial charge < -0.3 is 13.3 Å². The molecule has 1 aromatic rings. The molecule has 0 saturated carbocycles. The van der Waals surface area contributed by atoms with Crippen LogP contribution in [0.25, 0.3) is 0 Å². The predicted molar refractivity (Wildman–Crippen MR) is 81.4 cm³/mol. The first-order valence-corrected chi connectivity index (χ1v) is 9.30. The summed E-state index contributed by atoms with van der Waals surface area (Å²) in [7, 11) is 2.54. The van der Waals surface area contributed by atoms with Crippen LogP contribution < -0.4 is 0 Å². The SMILES string of the molecule is CO[Si](C[C@@H](C)SCCc1ccncc1)(OC)OC. The molecule has 1 rings (SSSR count). The monoisotopic (exact) mass is 301 g/mol. The lowest BCUT2D eigenvalue weighted by Gasteiger charge is -2.26. The molecule has 1 aromatic heterocycles. The molecule has 0 saturated heterocycles. The Morgan fingerprint density at radius 2 is 1.74 bits per heavy atom. The fourth-order valence-electron chi connectivity index (χ4n) is 1.84. The molecule has 19 heavy (non-hydrogen) atoms. The van der Waals surface area contributed by atoms with E-state index < -0.39 is 8.80 Å². The van der Waals surface area contributed by atoms with E-state index in [2.05, 4.69) is 24.0 Å². The molecule has 0 spiro atoms. The molecule has 0 radical (unpaired) electrons. The highest BCUT2D eigenvalue weighted by Gasteiger charge is 2.39. The normalized spacial score (nSPS) is 13.5. The van der Waals surface area contributed by atoms with Crippen molar-refractivity contribution in [2.45, 2.75) is 24.6 Å². The van der Waals surface area contributed by atoms with Crippen LogP contribution in [-0.2, 0) is 19.7 Å². The average molecular weight is 301 g/mol. The van der Waals surface area contributed by atoms with Gasteiger partial charge in [0.05, 0.1) is 0 Å². The molecular formula is C13H23NO3SSi. The van der Waals surface area contributed by atoms with Crippen LogP contribution in [0.3, 0.4) is 0 Å². The van der Waals surface area contributed by atoms with Crippen molar-refractivity contribution in [1.29, 1.82) is 0 Å². The van der Waals surface area contributed by atoms with Crippen LogP contribution in [0.2, 0.25) is 6.04 Å². The maximum atomic E-state index is 5.44. The minimum atomic E-state index is -2.44. The second-order valence-corrected chi connectivity index (χ2v) is 8.83. The van der Waals surface area contributed by atoms with Crippen LogP contribution in [0.1, 0.15) is 12.5 Å². The van der Waals surface area contributed by atoms with Gasteiger partial charge in [-0.15, -0.1) is 0 Å². The van der Waals surface area contributed by atoms with Gasteiger partial charge in [-0.1, -0.05) is 6.92 Å². The van der Waals surface area contributed by atoms with Crippen LogP contribution in [0.5, 0.6) is 0 Å². The third-order valence-corrected chi connectivity index (χ3v) is 7.46. The van der Waals surface area contributed by atoms with Crippen molar-refractivity contribution in [3.05, 3.63) is 30.1 Å². The molecule has 6 heteroatoms. The minimum Gasteiger partial charge on any atom is -0.377 e. The van der Waals surface area contributed by atoms with E-state index in [0.29, 0.717) is 5.25 Å². The number of rotatable bonds is 9. The van der Waals surface area contributed by atoms with Gasteiger partial charge in [0.15, 0.2) is 0 Å². The van der Waals surface area contributed by atoms with Crippen LogP contribution in [-0.4, -0.2) is 46.1 Å². The van der Waals surface area contributed by atoms with Crippen LogP contribution in [0.15, 0.2) is 24.5 Å². The third kappa shape index (κ3) is 5.62. The molecule has 0 unspecified atom stereocenters. The van der Waals surface area contributed by atoms with Crippen LogP contribution in [0, 0.1) is 0 Å². The summed E-state index contributed by atoms with van der Waals surface area (Å²) in [5.74, 6) is 1.08. The highest BCUT2D eigenvalue weighted by Crippen LogP contribution is 2.24. The molecule has 0 fully saturated rings. The van der Waals surface area contributed by atoms with Crippen molar-refractivity contribution in [3.63, 3.8) is 0 Å². The van der Waals surface area contributed by atoms with Crippen molar-refractivity contribution < 1.29 is 13.3 Å². The van der Waals surface area contributed by atoms with Gasteiger partial charge in [0.25, 0.3) is 0 Å². The van der Waals surface area contributed by atoms with Gasteiger partial charge in [-0.3, -0.25) is 4.98 Å². The Morgan fingerprint density at radius 3 is 2.26 bits per heavy atom. The van der Waals surface area contributed by atoms with Crippen molar-refractivity contribution >= 4 is 20.6 Å². The fourth-order valence-corrected chi connectivity index (χ4v) is 5.38. The molecule has 1 atom stereocenters. The largest absolute Gasteiger partial charge is 0.501 e.